The maximum Gasteiger partial charge on any atom is 0.339 e. The van der Waals surface area contributed by atoms with Crippen molar-refractivity contribution in [1.29, 1.82) is 0 Å². The Labute approximate surface area is 115 Å². The van der Waals surface area contributed by atoms with Crippen molar-refractivity contribution in [3.05, 3.63) is 39.2 Å². The van der Waals surface area contributed by atoms with Crippen molar-refractivity contribution in [2.45, 2.75) is 26.2 Å². The van der Waals surface area contributed by atoms with Crippen LogP contribution in [-0.2, 0) is 17.6 Å². The van der Waals surface area contributed by atoms with Gasteiger partial charge in [0.2, 0.25) is 0 Å². The first-order valence-electron chi connectivity index (χ1n) is 6.56. The lowest BCUT2D eigenvalue weighted by molar-refractivity contribution is -0.119. The Kier molecular flexibility index (Phi) is 2.97. The molecule has 0 saturated heterocycles. The highest BCUT2D eigenvalue weighted by Gasteiger charge is 2.22. The number of benzene rings is 1. The number of hydrogen-bond donors (Lipinski definition) is 1. The third-order valence-electron chi connectivity index (χ3n) is 3.55. The Morgan fingerprint density at radius 1 is 1.35 bits per heavy atom. The Balaban J connectivity index is 2.25. The molecule has 1 aromatic heterocycles. The second kappa shape index (κ2) is 4.67. The number of hydrogen-bond acceptors (Lipinski definition) is 4. The van der Waals surface area contributed by atoms with Crippen molar-refractivity contribution in [3.8, 4) is 5.75 Å². The van der Waals surface area contributed by atoms with Gasteiger partial charge in [0.1, 0.15) is 11.3 Å². The largest absolute Gasteiger partial charge is 0.483 e. The highest BCUT2D eigenvalue weighted by molar-refractivity contribution is 5.89. The second-order valence-electron chi connectivity index (χ2n) is 5.09. The van der Waals surface area contributed by atoms with E-state index >= 15 is 0 Å². The van der Waals surface area contributed by atoms with Crippen LogP contribution < -0.4 is 16.1 Å². The third-order valence-corrected chi connectivity index (χ3v) is 3.55. The number of amides is 1. The van der Waals surface area contributed by atoms with Crippen LogP contribution in [0.2, 0.25) is 0 Å². The summed E-state index contributed by atoms with van der Waals surface area (Å²) < 4.78 is 10.9. The summed E-state index contributed by atoms with van der Waals surface area (Å²) in [5.74, 6) is 0.0226. The number of fused-ring (bicyclic) bond motifs is 3. The number of nitrogens with two attached hydrogens (primary N) is 1. The van der Waals surface area contributed by atoms with Crippen molar-refractivity contribution < 1.29 is 13.9 Å². The normalized spacial score (nSPS) is 13.4. The summed E-state index contributed by atoms with van der Waals surface area (Å²) in [6.07, 6.45) is 2.49. The fourth-order valence-electron chi connectivity index (χ4n) is 2.77. The molecular formula is C15H15NO4. The molecule has 0 saturated carbocycles. The maximum atomic E-state index is 11.9. The summed E-state index contributed by atoms with van der Waals surface area (Å²) in [5, 5.41) is 0.795. The highest BCUT2D eigenvalue weighted by Crippen LogP contribution is 2.34. The number of aryl methyl sites for hydroxylation is 2. The summed E-state index contributed by atoms with van der Waals surface area (Å²) in [4.78, 5) is 22.8. The quantitative estimate of drug-likeness (QED) is 0.858. The molecule has 1 aliphatic rings. The lowest BCUT2D eigenvalue weighted by Crippen LogP contribution is -2.20. The Bertz CT molecular complexity index is 761. The third kappa shape index (κ3) is 2.05. The zero-order valence-electron chi connectivity index (χ0n) is 11.2. The molecule has 0 radical (unpaired) electrons. The van der Waals surface area contributed by atoms with Crippen molar-refractivity contribution in [2.75, 3.05) is 6.61 Å². The molecule has 1 heterocycles. The van der Waals surface area contributed by atoms with Crippen LogP contribution in [0.1, 0.15) is 23.1 Å². The predicted molar refractivity (Wildman–Crippen MR) is 73.9 cm³/mol. The van der Waals surface area contributed by atoms with E-state index in [2.05, 4.69) is 0 Å². The molecule has 3 rings (SSSR count). The van der Waals surface area contributed by atoms with Gasteiger partial charge in [0.15, 0.2) is 6.61 Å². The molecule has 104 valence electrons. The first kappa shape index (κ1) is 12.7. The summed E-state index contributed by atoms with van der Waals surface area (Å²) in [6.45, 7) is 1.69. The molecule has 1 amide bonds. The van der Waals surface area contributed by atoms with Gasteiger partial charge in [-0.15, -0.1) is 0 Å². The average molecular weight is 273 g/mol. The lowest BCUT2D eigenvalue weighted by Gasteiger charge is -2.11. The molecule has 0 bridgehead atoms. The van der Waals surface area contributed by atoms with Gasteiger partial charge in [-0.05, 0) is 49.4 Å². The monoisotopic (exact) mass is 273 g/mol. The molecule has 1 aliphatic carbocycles. The van der Waals surface area contributed by atoms with E-state index in [-0.39, 0.29) is 12.2 Å². The molecule has 0 atom stereocenters. The van der Waals surface area contributed by atoms with Gasteiger partial charge >= 0.3 is 5.63 Å². The summed E-state index contributed by atoms with van der Waals surface area (Å²) >= 11 is 0. The molecule has 20 heavy (non-hydrogen) atoms. The van der Waals surface area contributed by atoms with E-state index in [1.165, 1.54) is 0 Å². The fraction of sp³-hybridized carbons (Fsp3) is 0.333. The number of carbonyl (C=O) groups excluding carboxylic acids is 1. The number of carbonyl (C=O) groups is 1. The SMILES string of the molecule is Cc1cc(OCC(N)=O)c2c3c(c(=O)oc2c1)CCC3. The van der Waals surface area contributed by atoms with Gasteiger partial charge in [-0.25, -0.2) is 4.79 Å². The molecule has 0 unspecified atom stereocenters. The van der Waals surface area contributed by atoms with Gasteiger partial charge < -0.3 is 14.9 Å². The Morgan fingerprint density at radius 3 is 2.85 bits per heavy atom. The first-order valence-corrected chi connectivity index (χ1v) is 6.56. The van der Waals surface area contributed by atoms with E-state index in [9.17, 15) is 9.59 Å². The zero-order chi connectivity index (χ0) is 14.3. The lowest BCUT2D eigenvalue weighted by atomic mass is 10.0. The van der Waals surface area contributed by atoms with Crippen molar-refractivity contribution in [1.82, 2.24) is 0 Å². The molecule has 5 heteroatoms. The minimum atomic E-state index is -0.534. The van der Waals surface area contributed by atoms with Gasteiger partial charge in [0.25, 0.3) is 5.91 Å². The van der Waals surface area contributed by atoms with Crippen molar-refractivity contribution in [2.24, 2.45) is 5.73 Å². The van der Waals surface area contributed by atoms with Gasteiger partial charge in [-0.3, -0.25) is 4.79 Å². The van der Waals surface area contributed by atoms with Gasteiger partial charge in [-0.1, -0.05) is 0 Å². The molecule has 5 nitrogen and oxygen atoms in total. The highest BCUT2D eigenvalue weighted by atomic mass is 16.5. The number of rotatable bonds is 3. The number of primary amides is 1. The van der Waals surface area contributed by atoms with Crippen LogP contribution in [0.25, 0.3) is 11.0 Å². The number of ether oxygens (including phenoxy) is 1. The summed E-state index contributed by atoms with van der Waals surface area (Å²) in [6, 6.07) is 3.65. The average Bonchev–Trinajstić information content (AvgIpc) is 2.85. The van der Waals surface area contributed by atoms with Gasteiger partial charge in [0.05, 0.1) is 5.39 Å². The molecule has 0 spiro atoms. The van der Waals surface area contributed by atoms with E-state index in [1.54, 1.807) is 0 Å². The van der Waals surface area contributed by atoms with Crippen LogP contribution in [0.4, 0.5) is 0 Å². The second-order valence-corrected chi connectivity index (χ2v) is 5.09. The molecule has 2 N–H and O–H groups in total. The van der Waals surface area contributed by atoms with Crippen LogP contribution in [0.15, 0.2) is 21.3 Å². The van der Waals surface area contributed by atoms with Crippen LogP contribution in [0, 0.1) is 6.92 Å². The van der Waals surface area contributed by atoms with Crippen LogP contribution in [0.3, 0.4) is 0 Å². The molecule has 0 fully saturated rings. The standard InChI is InChI=1S/C15H15NO4/c1-8-5-11(19-7-13(16)17)14-9-3-2-4-10(9)15(18)20-12(14)6-8/h5-6H,2-4,7H2,1H3,(H2,16,17). The summed E-state index contributed by atoms with van der Waals surface area (Å²) in [7, 11) is 0. The minimum Gasteiger partial charge on any atom is -0.483 e. The first-order chi connectivity index (χ1) is 9.56. The van der Waals surface area contributed by atoms with Gasteiger partial charge in [0, 0.05) is 5.56 Å². The smallest absolute Gasteiger partial charge is 0.339 e. The molecule has 1 aromatic carbocycles. The van der Waals surface area contributed by atoms with E-state index in [4.69, 9.17) is 14.9 Å². The Hall–Kier alpha value is -2.30. The maximum absolute atomic E-state index is 11.9. The molecular weight excluding hydrogens is 258 g/mol. The van der Waals surface area contributed by atoms with E-state index in [1.807, 2.05) is 19.1 Å². The van der Waals surface area contributed by atoms with E-state index in [0.717, 1.165) is 41.3 Å². The van der Waals surface area contributed by atoms with Crippen LogP contribution >= 0.6 is 0 Å². The van der Waals surface area contributed by atoms with Crippen LogP contribution in [-0.4, -0.2) is 12.5 Å². The van der Waals surface area contributed by atoms with Crippen molar-refractivity contribution >= 4 is 16.9 Å². The van der Waals surface area contributed by atoms with E-state index in [0.29, 0.717) is 11.3 Å². The van der Waals surface area contributed by atoms with E-state index < -0.39 is 5.91 Å². The molecule has 2 aromatic rings. The van der Waals surface area contributed by atoms with Crippen LogP contribution in [0.5, 0.6) is 5.75 Å². The topological polar surface area (TPSA) is 82.5 Å². The fourth-order valence-corrected chi connectivity index (χ4v) is 2.77. The van der Waals surface area contributed by atoms with Gasteiger partial charge in [-0.2, -0.15) is 0 Å². The summed E-state index contributed by atoms with van der Waals surface area (Å²) in [5.41, 5.74) is 7.97. The Morgan fingerprint density at radius 2 is 2.10 bits per heavy atom. The molecule has 0 aliphatic heterocycles. The zero-order valence-corrected chi connectivity index (χ0v) is 11.2. The minimum absolute atomic E-state index is 0.188. The predicted octanol–water partition coefficient (Wildman–Crippen LogP) is 1.45. The van der Waals surface area contributed by atoms with Crippen molar-refractivity contribution in [3.63, 3.8) is 0 Å².